The van der Waals surface area contributed by atoms with E-state index in [9.17, 15) is 4.79 Å². The first kappa shape index (κ1) is 32.7. The molecule has 1 fully saturated rings. The molecule has 4 nitrogen and oxygen atoms in total. The first-order valence-electron chi connectivity index (χ1n) is 12.6. The average Bonchev–Trinajstić information content (AvgIpc) is 3.78. The van der Waals surface area contributed by atoms with Gasteiger partial charge >= 0.3 is 0 Å². The fraction of sp³-hybridized carbons (Fsp3) is 0.258. The summed E-state index contributed by atoms with van der Waals surface area (Å²) in [5.41, 5.74) is 4.67. The number of carbonyl (C=O) groups excluding carboxylic acids is 1. The van der Waals surface area contributed by atoms with E-state index in [1.165, 1.54) is 24.2 Å². The van der Waals surface area contributed by atoms with Crippen LogP contribution in [0.2, 0.25) is 0 Å². The van der Waals surface area contributed by atoms with Gasteiger partial charge in [-0.3, -0.25) is 4.79 Å². The van der Waals surface area contributed by atoms with Crippen LogP contribution < -0.4 is 10.6 Å². The maximum atomic E-state index is 13.0. The van der Waals surface area contributed by atoms with E-state index in [-0.39, 0.29) is 38.6 Å². The van der Waals surface area contributed by atoms with Crippen molar-refractivity contribution in [1.29, 1.82) is 0 Å². The van der Waals surface area contributed by atoms with Crippen LogP contribution in [0.3, 0.4) is 0 Å². The number of carbonyl (C=O) groups is 1. The molecule has 2 N–H and O–H groups in total. The molecule has 3 aromatic carbocycles. The number of hydrogen-bond donors (Lipinski definition) is 2. The van der Waals surface area contributed by atoms with Gasteiger partial charge in [-0.25, -0.2) is 17.8 Å². The Kier molecular flexibility index (Phi) is 16.6. The zero-order valence-corrected chi connectivity index (χ0v) is 26.2. The van der Waals surface area contributed by atoms with Gasteiger partial charge in [0, 0.05) is 44.8 Å². The average molecular weight is 589 g/mol. The SMILES string of the molecule is CC.CC.Cc1cc[c-]cc1Nc1nc(-c2ccccc2)c(C(=O)NCc2ccccc2)s1.[CH-]1CC1.[Y]. The maximum absolute atomic E-state index is 13.0. The molecule has 0 spiro atoms. The van der Waals surface area contributed by atoms with E-state index in [0.29, 0.717) is 22.2 Å². The van der Waals surface area contributed by atoms with Gasteiger partial charge in [-0.2, -0.15) is 24.3 Å². The van der Waals surface area contributed by atoms with E-state index >= 15 is 0 Å². The summed E-state index contributed by atoms with van der Waals surface area (Å²) in [6, 6.07) is 28.5. The van der Waals surface area contributed by atoms with Crippen molar-refractivity contribution in [3.05, 3.63) is 107 Å². The first-order chi connectivity index (χ1) is 17.7. The Bertz CT molecular complexity index is 1160. The van der Waals surface area contributed by atoms with E-state index in [1.54, 1.807) is 0 Å². The van der Waals surface area contributed by atoms with Crippen molar-refractivity contribution in [2.75, 3.05) is 5.32 Å². The van der Waals surface area contributed by atoms with Crippen LogP contribution in [0.4, 0.5) is 10.8 Å². The van der Waals surface area contributed by atoms with Crippen molar-refractivity contribution in [1.82, 2.24) is 10.3 Å². The summed E-state index contributed by atoms with van der Waals surface area (Å²) in [7, 11) is 0. The zero-order chi connectivity index (χ0) is 26.2. The molecule has 1 amide bonds. The second-order valence-electron chi connectivity index (χ2n) is 7.46. The number of benzene rings is 3. The molecule has 6 heteroatoms. The number of rotatable bonds is 6. The van der Waals surface area contributed by atoms with E-state index < -0.39 is 0 Å². The number of anilines is 2. The Hall–Kier alpha value is -2.34. The first-order valence-corrected chi connectivity index (χ1v) is 13.5. The Morgan fingerprint density at radius 2 is 1.57 bits per heavy atom. The van der Waals surface area contributed by atoms with Crippen molar-refractivity contribution in [2.24, 2.45) is 0 Å². The molecule has 0 atom stereocenters. The molecule has 0 bridgehead atoms. The molecule has 1 aliphatic carbocycles. The van der Waals surface area contributed by atoms with E-state index in [0.717, 1.165) is 22.4 Å². The second-order valence-corrected chi connectivity index (χ2v) is 8.46. The van der Waals surface area contributed by atoms with Gasteiger partial charge in [0.2, 0.25) is 0 Å². The van der Waals surface area contributed by atoms with Crippen LogP contribution in [-0.2, 0) is 39.3 Å². The Labute approximate surface area is 252 Å². The summed E-state index contributed by atoms with van der Waals surface area (Å²) in [5.74, 6) is -0.130. The van der Waals surface area contributed by atoms with Crippen LogP contribution in [0.1, 0.15) is 61.3 Å². The standard InChI is InChI=1S/C24H20N3OS.C3H5.2C2H6.Y/c1-17-10-8-9-15-20(17)26-24-27-21(19-13-6-3-7-14-19)22(29-24)23(28)25-16-18-11-4-2-5-12-18;1-2-3-1;2*1-2;/h2-8,10-15H,16H2,1H3,(H,25,28)(H,26,27);1H,2-3H2;2*1-2H3;/q2*-1;;;. The molecule has 193 valence electrons. The summed E-state index contributed by atoms with van der Waals surface area (Å²) < 4.78 is 0. The molecule has 0 saturated heterocycles. The van der Waals surface area contributed by atoms with Crippen LogP contribution in [0.15, 0.2) is 78.9 Å². The molecule has 4 aromatic rings. The summed E-state index contributed by atoms with van der Waals surface area (Å²) in [5, 5.41) is 7.02. The summed E-state index contributed by atoms with van der Waals surface area (Å²) >= 11 is 1.35. The minimum Gasteiger partial charge on any atom is -0.385 e. The molecule has 1 aromatic heterocycles. The quantitative estimate of drug-likeness (QED) is 0.222. The monoisotopic (exact) mass is 588 g/mol. The van der Waals surface area contributed by atoms with Crippen molar-refractivity contribution in [2.45, 2.75) is 54.0 Å². The molecule has 1 aliphatic rings. The van der Waals surface area contributed by atoms with Crippen molar-refractivity contribution in [3.63, 3.8) is 0 Å². The van der Waals surface area contributed by atoms with Gasteiger partial charge in [-0.05, 0) is 5.56 Å². The number of aromatic nitrogens is 1. The molecule has 1 heterocycles. The normalized spacial score (nSPS) is 10.5. The van der Waals surface area contributed by atoms with Gasteiger partial charge in [0.25, 0.3) is 5.91 Å². The number of amides is 1. The Morgan fingerprint density at radius 3 is 2.14 bits per heavy atom. The molecule has 1 saturated carbocycles. The van der Waals surface area contributed by atoms with Crippen molar-refractivity contribution in [3.8, 4) is 11.3 Å². The van der Waals surface area contributed by atoms with Crippen LogP contribution in [0.25, 0.3) is 11.3 Å². The second kappa shape index (κ2) is 18.8. The van der Waals surface area contributed by atoms with Gasteiger partial charge in [-0.15, -0.1) is 5.56 Å². The van der Waals surface area contributed by atoms with Crippen LogP contribution in [0.5, 0.6) is 0 Å². The fourth-order valence-electron chi connectivity index (χ4n) is 2.94. The van der Waals surface area contributed by atoms with Crippen LogP contribution in [0, 0.1) is 19.4 Å². The molecule has 5 rings (SSSR count). The minimum atomic E-state index is -0.130. The molecule has 37 heavy (non-hydrogen) atoms. The third-order valence-corrected chi connectivity index (χ3v) is 5.76. The van der Waals surface area contributed by atoms with Gasteiger partial charge in [0.1, 0.15) is 4.88 Å². The fourth-order valence-corrected chi connectivity index (χ4v) is 3.85. The molecule has 0 aliphatic heterocycles. The van der Waals surface area contributed by atoms with E-state index in [4.69, 9.17) is 4.98 Å². The predicted octanol–water partition coefficient (Wildman–Crippen LogP) is 8.63. The van der Waals surface area contributed by atoms with Crippen molar-refractivity contribution >= 4 is 28.1 Å². The largest absolute Gasteiger partial charge is 0.385 e. The summed E-state index contributed by atoms with van der Waals surface area (Å²) in [6.07, 6.45) is 5.00. The maximum Gasteiger partial charge on any atom is 0.264 e. The topological polar surface area (TPSA) is 54.0 Å². The number of aryl methyl sites for hydroxylation is 1. The number of nitrogens with one attached hydrogen (secondary N) is 2. The summed E-state index contributed by atoms with van der Waals surface area (Å²) in [6.45, 7) is 10.5. The molecular formula is C31H37N3OSY-2. The van der Waals surface area contributed by atoms with Gasteiger partial charge in [0.05, 0.1) is 5.69 Å². The molecule has 0 unspecified atom stereocenters. The van der Waals surface area contributed by atoms with Crippen LogP contribution >= 0.6 is 11.3 Å². The number of nitrogens with zero attached hydrogens (tertiary/aromatic N) is 1. The Morgan fingerprint density at radius 1 is 0.973 bits per heavy atom. The zero-order valence-electron chi connectivity index (χ0n) is 22.5. The van der Waals surface area contributed by atoms with E-state index in [1.807, 2.05) is 113 Å². The van der Waals surface area contributed by atoms with Crippen LogP contribution in [-0.4, -0.2) is 10.9 Å². The smallest absolute Gasteiger partial charge is 0.264 e. The van der Waals surface area contributed by atoms with Gasteiger partial charge in [-0.1, -0.05) is 112 Å². The minimum absolute atomic E-state index is 0. The summed E-state index contributed by atoms with van der Waals surface area (Å²) in [4.78, 5) is 18.3. The van der Waals surface area contributed by atoms with Gasteiger partial charge in [0.15, 0.2) is 5.13 Å². The number of thiazole rings is 1. The predicted molar refractivity (Wildman–Crippen MR) is 155 cm³/mol. The molecular weight excluding hydrogens is 551 g/mol. The molecule has 1 radical (unpaired) electrons. The third-order valence-electron chi connectivity index (χ3n) is 4.79. The van der Waals surface area contributed by atoms with E-state index in [2.05, 4.69) is 23.1 Å². The van der Waals surface area contributed by atoms with Gasteiger partial charge < -0.3 is 17.1 Å². The number of hydrogen-bond acceptors (Lipinski definition) is 4. The van der Waals surface area contributed by atoms with Crippen molar-refractivity contribution < 1.29 is 37.5 Å². The third kappa shape index (κ3) is 11.3. The Balaban J connectivity index is 0.000000767.